The first-order chi connectivity index (χ1) is 16.0. The summed E-state index contributed by atoms with van der Waals surface area (Å²) in [5.74, 6) is -0.514. The number of rotatable bonds is 7. The average molecular weight is 451 g/mol. The van der Waals surface area contributed by atoms with Crippen LogP contribution in [0.2, 0.25) is 0 Å². The van der Waals surface area contributed by atoms with Crippen LogP contribution in [0.4, 0.5) is 20.2 Å². The maximum absolute atomic E-state index is 13.5. The summed E-state index contributed by atoms with van der Waals surface area (Å²) < 4.78 is 41.7. The number of halogens is 2. The van der Waals surface area contributed by atoms with Crippen molar-refractivity contribution in [1.82, 2.24) is 4.98 Å². The lowest BCUT2D eigenvalue weighted by molar-refractivity contribution is -0.0520. The number of alkyl halides is 2. The molecule has 0 spiro atoms. The van der Waals surface area contributed by atoms with Crippen LogP contribution in [0.5, 0.6) is 11.5 Å². The van der Waals surface area contributed by atoms with Crippen LogP contribution in [0.15, 0.2) is 67.0 Å². The Morgan fingerprint density at radius 2 is 2.00 bits per heavy atom. The molecule has 1 amide bonds. The Hall–Kier alpha value is -4.03. The third kappa shape index (κ3) is 5.25. The van der Waals surface area contributed by atoms with E-state index in [1.807, 2.05) is 0 Å². The van der Waals surface area contributed by atoms with Gasteiger partial charge >= 0.3 is 6.61 Å². The van der Waals surface area contributed by atoms with Crippen molar-refractivity contribution in [3.8, 4) is 17.6 Å². The Balaban J connectivity index is 1.80. The number of ether oxygens (including phenoxy) is 3. The number of benzene rings is 2. The molecule has 33 heavy (non-hydrogen) atoms. The second-order valence-corrected chi connectivity index (χ2v) is 7.16. The molecular formula is C24H19F2N3O4. The Labute approximate surface area is 188 Å². The van der Waals surface area contributed by atoms with E-state index in [-0.39, 0.29) is 17.6 Å². The first-order valence-corrected chi connectivity index (χ1v) is 10.1. The molecule has 7 nitrogen and oxygen atoms in total. The SMILES string of the molecule is N#Cc1cccc(N(C(=O)c2cccnc2)c2ccc(OC(F)F)c(O[C@@H]3CCOC3)c2)c1. The zero-order valence-electron chi connectivity index (χ0n) is 17.4. The lowest BCUT2D eigenvalue weighted by Crippen LogP contribution is -2.26. The Morgan fingerprint density at radius 3 is 2.70 bits per heavy atom. The molecule has 1 fully saturated rings. The number of nitrogens with zero attached hydrogens (tertiary/aromatic N) is 3. The molecule has 0 aliphatic carbocycles. The van der Waals surface area contributed by atoms with Crippen molar-refractivity contribution in [3.63, 3.8) is 0 Å². The molecule has 1 saturated heterocycles. The average Bonchev–Trinajstić information content (AvgIpc) is 3.34. The summed E-state index contributed by atoms with van der Waals surface area (Å²) in [4.78, 5) is 18.8. The van der Waals surface area contributed by atoms with Gasteiger partial charge in [0.1, 0.15) is 6.10 Å². The van der Waals surface area contributed by atoms with Gasteiger partial charge in [0.05, 0.1) is 41.8 Å². The summed E-state index contributed by atoms with van der Waals surface area (Å²) in [5, 5.41) is 9.31. The molecule has 3 aromatic rings. The monoisotopic (exact) mass is 451 g/mol. The molecule has 0 radical (unpaired) electrons. The number of nitriles is 1. The van der Waals surface area contributed by atoms with Crippen molar-refractivity contribution < 1.29 is 27.8 Å². The highest BCUT2D eigenvalue weighted by Crippen LogP contribution is 2.37. The van der Waals surface area contributed by atoms with Gasteiger partial charge in [0.15, 0.2) is 11.5 Å². The van der Waals surface area contributed by atoms with Gasteiger partial charge in [-0.05, 0) is 42.5 Å². The van der Waals surface area contributed by atoms with E-state index < -0.39 is 12.5 Å². The van der Waals surface area contributed by atoms with E-state index in [0.717, 1.165) is 0 Å². The molecule has 9 heteroatoms. The predicted octanol–water partition coefficient (Wildman–Crippen LogP) is 4.70. The number of hydrogen-bond donors (Lipinski definition) is 0. The molecule has 0 N–H and O–H groups in total. The number of carbonyl (C=O) groups is 1. The minimum absolute atomic E-state index is 0.0590. The molecular weight excluding hydrogens is 432 g/mol. The molecule has 0 saturated carbocycles. The number of pyridine rings is 1. The number of carbonyl (C=O) groups excluding carboxylic acids is 1. The number of hydrogen-bond acceptors (Lipinski definition) is 6. The Bertz CT molecular complexity index is 1160. The zero-order chi connectivity index (χ0) is 23.2. The van der Waals surface area contributed by atoms with Crippen molar-refractivity contribution in [2.75, 3.05) is 18.1 Å². The minimum Gasteiger partial charge on any atom is -0.484 e. The van der Waals surface area contributed by atoms with Crippen molar-refractivity contribution in [1.29, 1.82) is 5.26 Å². The van der Waals surface area contributed by atoms with Gasteiger partial charge in [-0.2, -0.15) is 14.0 Å². The van der Waals surface area contributed by atoms with Gasteiger partial charge in [0.2, 0.25) is 0 Å². The van der Waals surface area contributed by atoms with Gasteiger partial charge in [-0.1, -0.05) is 6.07 Å². The van der Waals surface area contributed by atoms with E-state index in [4.69, 9.17) is 9.47 Å². The largest absolute Gasteiger partial charge is 0.484 e. The van der Waals surface area contributed by atoms with Gasteiger partial charge in [-0.3, -0.25) is 14.7 Å². The molecule has 2 heterocycles. The van der Waals surface area contributed by atoms with Crippen molar-refractivity contribution in [2.24, 2.45) is 0 Å². The fourth-order valence-corrected chi connectivity index (χ4v) is 3.42. The van der Waals surface area contributed by atoms with Crippen LogP contribution >= 0.6 is 0 Å². The number of amides is 1. The van der Waals surface area contributed by atoms with Crippen molar-refractivity contribution in [2.45, 2.75) is 19.1 Å². The van der Waals surface area contributed by atoms with E-state index in [0.29, 0.717) is 42.1 Å². The van der Waals surface area contributed by atoms with Gasteiger partial charge in [0.25, 0.3) is 5.91 Å². The summed E-state index contributed by atoms with van der Waals surface area (Å²) in [6.45, 7) is -2.22. The van der Waals surface area contributed by atoms with Crippen molar-refractivity contribution in [3.05, 3.63) is 78.1 Å². The van der Waals surface area contributed by atoms with E-state index >= 15 is 0 Å². The second kappa shape index (κ2) is 10.1. The summed E-state index contributed by atoms with van der Waals surface area (Å²) in [5.41, 5.74) is 1.42. The standard InChI is InChI=1S/C24H19F2N3O4/c25-24(26)33-21-7-6-19(12-22(21)32-20-8-10-31-15-20)29(18-5-1-3-16(11-18)13-27)23(30)17-4-2-9-28-14-17/h1-7,9,11-12,14,20,24H,8,10,15H2/t20-/m1/s1. The maximum Gasteiger partial charge on any atom is 0.387 e. The minimum atomic E-state index is -3.04. The smallest absolute Gasteiger partial charge is 0.387 e. The van der Waals surface area contributed by atoms with E-state index in [1.54, 1.807) is 42.6 Å². The molecule has 2 aromatic carbocycles. The summed E-state index contributed by atoms with van der Waals surface area (Å²) in [6.07, 6.45) is 3.24. The van der Waals surface area contributed by atoms with Crippen LogP contribution in [0.25, 0.3) is 0 Å². The highest BCUT2D eigenvalue weighted by atomic mass is 19.3. The van der Waals surface area contributed by atoms with Crippen LogP contribution in [0.3, 0.4) is 0 Å². The summed E-state index contributed by atoms with van der Waals surface area (Å²) in [7, 11) is 0. The number of aromatic nitrogens is 1. The molecule has 4 rings (SSSR count). The van der Waals surface area contributed by atoms with Gasteiger partial charge in [-0.15, -0.1) is 0 Å². The molecule has 1 aliphatic rings. The molecule has 168 valence electrons. The third-order valence-corrected chi connectivity index (χ3v) is 4.93. The predicted molar refractivity (Wildman–Crippen MR) is 115 cm³/mol. The second-order valence-electron chi connectivity index (χ2n) is 7.16. The summed E-state index contributed by atoms with van der Waals surface area (Å²) >= 11 is 0. The molecule has 1 aliphatic heterocycles. The third-order valence-electron chi connectivity index (χ3n) is 4.93. The highest BCUT2D eigenvalue weighted by molar-refractivity contribution is 6.11. The summed E-state index contributed by atoms with van der Waals surface area (Å²) in [6, 6.07) is 16.0. The lowest BCUT2D eigenvalue weighted by Gasteiger charge is -2.25. The first kappa shape index (κ1) is 22.2. The van der Waals surface area contributed by atoms with Crippen molar-refractivity contribution >= 4 is 17.3 Å². The fourth-order valence-electron chi connectivity index (χ4n) is 3.42. The highest BCUT2D eigenvalue weighted by Gasteiger charge is 2.25. The normalized spacial score (nSPS) is 15.2. The molecule has 1 aromatic heterocycles. The van der Waals surface area contributed by atoms with E-state index in [2.05, 4.69) is 15.8 Å². The van der Waals surface area contributed by atoms with Crippen LogP contribution < -0.4 is 14.4 Å². The quantitative estimate of drug-likeness (QED) is 0.518. The Morgan fingerprint density at radius 1 is 1.15 bits per heavy atom. The lowest BCUT2D eigenvalue weighted by atomic mass is 10.1. The van der Waals surface area contributed by atoms with Crippen LogP contribution in [-0.4, -0.2) is 36.8 Å². The molecule has 0 bridgehead atoms. The fraction of sp³-hybridized carbons (Fsp3) is 0.208. The van der Waals surface area contributed by atoms with Crippen LogP contribution in [0.1, 0.15) is 22.3 Å². The molecule has 0 unspecified atom stereocenters. The number of anilines is 2. The van der Waals surface area contributed by atoms with E-state index in [1.165, 1.54) is 29.3 Å². The van der Waals surface area contributed by atoms with Gasteiger partial charge < -0.3 is 14.2 Å². The topological polar surface area (TPSA) is 84.7 Å². The van der Waals surface area contributed by atoms with Crippen LogP contribution in [0, 0.1) is 11.3 Å². The Kier molecular flexibility index (Phi) is 6.76. The first-order valence-electron chi connectivity index (χ1n) is 10.1. The van der Waals surface area contributed by atoms with Gasteiger partial charge in [0, 0.05) is 24.9 Å². The molecule has 1 atom stereocenters. The van der Waals surface area contributed by atoms with Gasteiger partial charge in [-0.25, -0.2) is 0 Å². The zero-order valence-corrected chi connectivity index (χ0v) is 17.4. The maximum atomic E-state index is 13.5. The van der Waals surface area contributed by atoms with Crippen LogP contribution in [-0.2, 0) is 4.74 Å². The van der Waals surface area contributed by atoms with E-state index in [9.17, 15) is 18.8 Å².